The second-order valence-corrected chi connectivity index (χ2v) is 8.92. The Morgan fingerprint density at radius 2 is 1.97 bits per heavy atom. The number of fused-ring (bicyclic) bond motifs is 1. The highest BCUT2D eigenvalue weighted by Gasteiger charge is 2.19. The summed E-state index contributed by atoms with van der Waals surface area (Å²) in [6.07, 6.45) is 1.53. The number of rotatable bonds is 6. The molecule has 0 saturated carbocycles. The molecule has 4 aromatic rings. The van der Waals surface area contributed by atoms with Gasteiger partial charge in [-0.05, 0) is 36.4 Å². The number of aliphatic carboxylic acids is 1. The van der Waals surface area contributed by atoms with Gasteiger partial charge in [-0.1, -0.05) is 29.8 Å². The summed E-state index contributed by atoms with van der Waals surface area (Å²) in [6.45, 7) is 1.45. The van der Waals surface area contributed by atoms with Crippen molar-refractivity contribution in [3.8, 4) is 0 Å². The Balaban J connectivity index is 1.72. The summed E-state index contributed by atoms with van der Waals surface area (Å²) >= 11 is 8.81. The van der Waals surface area contributed by atoms with Crippen molar-refractivity contribution in [3.63, 3.8) is 0 Å². The van der Waals surface area contributed by atoms with Crippen LogP contribution in [-0.2, 0) is 9.59 Å². The molecule has 6 nitrogen and oxygen atoms in total. The topological polar surface area (TPSA) is 83.4 Å². The summed E-state index contributed by atoms with van der Waals surface area (Å²) < 4.78 is 0.983. The number of carbonyl (C=O) groups is 2. The fraction of sp³-hybridized carbons (Fsp3) is 0.0909. The summed E-state index contributed by atoms with van der Waals surface area (Å²) in [5, 5.41) is 12.8. The quantitative estimate of drug-likeness (QED) is 0.368. The molecule has 0 atom stereocenters. The molecule has 2 heterocycles. The zero-order valence-electron chi connectivity index (χ0n) is 16.3. The maximum absolute atomic E-state index is 12.3. The molecule has 9 heteroatoms. The highest BCUT2D eigenvalue weighted by Crippen LogP contribution is 2.33. The van der Waals surface area contributed by atoms with Crippen LogP contribution in [0.5, 0.6) is 0 Å². The number of carboxylic acids is 1. The van der Waals surface area contributed by atoms with Crippen LogP contribution in [0.2, 0.25) is 5.02 Å². The molecule has 1 amide bonds. The van der Waals surface area contributed by atoms with Crippen molar-refractivity contribution in [1.29, 1.82) is 0 Å². The number of amides is 1. The van der Waals surface area contributed by atoms with E-state index < -0.39 is 5.97 Å². The van der Waals surface area contributed by atoms with Gasteiger partial charge in [0.1, 0.15) is 5.01 Å². The molecule has 0 spiro atoms. The minimum atomic E-state index is -0.953. The van der Waals surface area contributed by atoms with Gasteiger partial charge in [-0.3, -0.25) is 14.5 Å². The van der Waals surface area contributed by atoms with Crippen LogP contribution in [-0.4, -0.2) is 27.0 Å². The minimum absolute atomic E-state index is 0.183. The lowest BCUT2D eigenvalue weighted by atomic mass is 10.1. The van der Waals surface area contributed by atoms with E-state index in [-0.39, 0.29) is 12.3 Å². The number of anilines is 2. The number of thiazole rings is 2. The number of hydrogen-bond donors (Lipinski definition) is 1. The molecule has 2 aromatic carbocycles. The van der Waals surface area contributed by atoms with Gasteiger partial charge in [0, 0.05) is 22.9 Å². The molecule has 0 bridgehead atoms. The third kappa shape index (κ3) is 4.82. The van der Waals surface area contributed by atoms with Crippen LogP contribution in [0.15, 0.2) is 53.9 Å². The monoisotopic (exact) mass is 469 g/mol. The van der Waals surface area contributed by atoms with Crippen molar-refractivity contribution in [2.75, 3.05) is 4.90 Å². The molecule has 156 valence electrons. The summed E-state index contributed by atoms with van der Waals surface area (Å²) in [5.41, 5.74) is 2.55. The average molecular weight is 470 g/mol. The number of hydrogen-bond acceptors (Lipinski definition) is 6. The lowest BCUT2D eigenvalue weighted by Gasteiger charge is -2.18. The van der Waals surface area contributed by atoms with Gasteiger partial charge < -0.3 is 5.11 Å². The zero-order chi connectivity index (χ0) is 22.0. The van der Waals surface area contributed by atoms with Crippen molar-refractivity contribution >= 4 is 78.8 Å². The number of nitrogens with zero attached hydrogens (tertiary/aromatic N) is 3. The Bertz CT molecular complexity index is 1280. The van der Waals surface area contributed by atoms with Gasteiger partial charge in [0.2, 0.25) is 5.91 Å². The van der Waals surface area contributed by atoms with Crippen LogP contribution in [0, 0.1) is 0 Å². The number of carbonyl (C=O) groups excluding carboxylic acids is 1. The summed E-state index contributed by atoms with van der Waals surface area (Å²) in [5.74, 6) is -1.16. The van der Waals surface area contributed by atoms with Crippen LogP contribution in [0.1, 0.15) is 24.0 Å². The SMILES string of the molecule is CC(=O)N(c1cccc(Cl)c1)c1nc(C=C(CC(=O)O)c2nc3ccccc3s2)cs1. The second kappa shape index (κ2) is 8.97. The van der Waals surface area contributed by atoms with E-state index in [4.69, 9.17) is 11.6 Å². The van der Waals surface area contributed by atoms with E-state index in [1.165, 1.54) is 34.5 Å². The third-order valence-corrected chi connectivity index (χ3v) is 6.51. The highest BCUT2D eigenvalue weighted by molar-refractivity contribution is 7.19. The first kappa shape index (κ1) is 21.2. The van der Waals surface area contributed by atoms with Gasteiger partial charge in [-0.2, -0.15) is 0 Å². The smallest absolute Gasteiger partial charge is 0.307 e. The first-order chi connectivity index (χ1) is 14.9. The Morgan fingerprint density at radius 3 is 2.68 bits per heavy atom. The average Bonchev–Trinajstić information content (AvgIpc) is 3.34. The van der Waals surface area contributed by atoms with Gasteiger partial charge in [0.05, 0.1) is 28.0 Å². The van der Waals surface area contributed by atoms with Crippen molar-refractivity contribution in [1.82, 2.24) is 9.97 Å². The highest BCUT2D eigenvalue weighted by atomic mass is 35.5. The summed E-state index contributed by atoms with van der Waals surface area (Å²) in [4.78, 5) is 34.4. The van der Waals surface area contributed by atoms with Crippen LogP contribution < -0.4 is 4.90 Å². The first-order valence-electron chi connectivity index (χ1n) is 9.21. The molecule has 1 N–H and O–H groups in total. The predicted molar refractivity (Wildman–Crippen MR) is 126 cm³/mol. The van der Waals surface area contributed by atoms with E-state index in [9.17, 15) is 14.7 Å². The maximum atomic E-state index is 12.3. The number of aromatic nitrogens is 2. The van der Waals surface area contributed by atoms with Gasteiger partial charge >= 0.3 is 5.97 Å². The van der Waals surface area contributed by atoms with E-state index in [0.29, 0.717) is 32.1 Å². The van der Waals surface area contributed by atoms with Crippen molar-refractivity contribution in [3.05, 3.63) is 69.6 Å². The summed E-state index contributed by atoms with van der Waals surface area (Å²) in [6, 6.07) is 14.6. The first-order valence-corrected chi connectivity index (χ1v) is 11.3. The van der Waals surface area contributed by atoms with Crippen LogP contribution >= 0.6 is 34.3 Å². The number of para-hydroxylation sites is 1. The molecule has 0 radical (unpaired) electrons. The zero-order valence-corrected chi connectivity index (χ0v) is 18.7. The van der Waals surface area contributed by atoms with Crippen molar-refractivity contribution in [2.45, 2.75) is 13.3 Å². The van der Waals surface area contributed by atoms with Crippen molar-refractivity contribution < 1.29 is 14.7 Å². The van der Waals surface area contributed by atoms with Gasteiger partial charge in [0.25, 0.3) is 0 Å². The number of benzene rings is 2. The van der Waals surface area contributed by atoms with Crippen LogP contribution in [0.3, 0.4) is 0 Å². The van der Waals surface area contributed by atoms with Crippen molar-refractivity contribution in [2.24, 2.45) is 0 Å². The molecule has 0 aliphatic carbocycles. The number of halogens is 1. The second-order valence-electron chi connectivity index (χ2n) is 6.62. The molecule has 4 rings (SSSR count). The van der Waals surface area contributed by atoms with Gasteiger partial charge in [-0.25, -0.2) is 9.97 Å². The van der Waals surface area contributed by atoms with E-state index in [2.05, 4.69) is 9.97 Å². The Morgan fingerprint density at radius 1 is 1.16 bits per heavy atom. The summed E-state index contributed by atoms with van der Waals surface area (Å²) in [7, 11) is 0. The van der Waals surface area contributed by atoms with Gasteiger partial charge in [-0.15, -0.1) is 22.7 Å². The van der Waals surface area contributed by atoms with E-state index in [0.717, 1.165) is 10.2 Å². The molecule has 0 unspecified atom stereocenters. The van der Waals surface area contributed by atoms with E-state index in [1.807, 2.05) is 24.3 Å². The lowest BCUT2D eigenvalue weighted by Crippen LogP contribution is -2.22. The molecule has 31 heavy (non-hydrogen) atoms. The van der Waals surface area contributed by atoms with E-state index >= 15 is 0 Å². The fourth-order valence-electron chi connectivity index (χ4n) is 3.03. The number of carboxylic acid groups (broad SMARTS) is 1. The molecule has 0 saturated heterocycles. The largest absolute Gasteiger partial charge is 0.481 e. The molecule has 2 aromatic heterocycles. The minimum Gasteiger partial charge on any atom is -0.481 e. The predicted octanol–water partition coefficient (Wildman–Crippen LogP) is 6.11. The fourth-order valence-corrected chi connectivity index (χ4v) is 5.04. The van der Waals surface area contributed by atoms with Gasteiger partial charge in [0.15, 0.2) is 5.13 Å². The van der Waals surface area contributed by atoms with E-state index in [1.54, 1.807) is 35.7 Å². The maximum Gasteiger partial charge on any atom is 0.307 e. The third-order valence-electron chi connectivity index (χ3n) is 4.31. The Kier molecular flexibility index (Phi) is 6.13. The Labute approximate surface area is 191 Å². The Hall–Kier alpha value is -3.07. The molecule has 0 fully saturated rings. The van der Waals surface area contributed by atoms with Crippen LogP contribution in [0.25, 0.3) is 21.9 Å². The molecule has 0 aliphatic rings. The molecule has 0 aliphatic heterocycles. The standard InChI is InChI=1S/C22H16ClN3O3S2/c1-13(27)26(17-6-4-5-15(23)11-17)22-24-16(12-30-22)9-14(10-20(28)29)21-25-18-7-2-3-8-19(18)31-21/h2-9,11-12H,10H2,1H3,(H,28,29). The van der Waals surface area contributed by atoms with Crippen LogP contribution in [0.4, 0.5) is 10.8 Å². The lowest BCUT2D eigenvalue weighted by molar-refractivity contribution is -0.135. The molecular weight excluding hydrogens is 454 g/mol. The molecular formula is C22H16ClN3O3S2. The normalized spacial score (nSPS) is 11.6.